The third-order valence-corrected chi connectivity index (χ3v) is 4.63. The first-order valence-corrected chi connectivity index (χ1v) is 9.02. The zero-order chi connectivity index (χ0) is 20.2. The number of hydrogen-bond donors (Lipinski definition) is 2. The van der Waals surface area contributed by atoms with Gasteiger partial charge in [0.05, 0.1) is 5.92 Å². The summed E-state index contributed by atoms with van der Waals surface area (Å²) in [5.41, 5.74) is 4.36. The maximum absolute atomic E-state index is 12.6. The molecule has 0 saturated carbocycles. The maximum atomic E-state index is 12.6. The standard InChI is InChI=1S/C20H18N6O3/c27-18-10-15(11-26(18)17-4-2-1-3-5-17)19(28)23-16-8-6-14(7-9-16)20(29)24-25-12-21-22-13-25/h1-9,12-13,15H,10-11H2,(H,23,28)(H,24,29). The van der Waals surface area contributed by atoms with E-state index in [0.29, 0.717) is 17.8 Å². The number of nitrogens with one attached hydrogen (secondary N) is 2. The van der Waals surface area contributed by atoms with Crippen molar-refractivity contribution in [1.29, 1.82) is 0 Å². The van der Waals surface area contributed by atoms with Gasteiger partial charge in [-0.05, 0) is 36.4 Å². The fourth-order valence-corrected chi connectivity index (χ4v) is 3.13. The minimum absolute atomic E-state index is 0.0719. The topological polar surface area (TPSA) is 109 Å². The molecule has 9 heteroatoms. The molecule has 0 bridgehead atoms. The fraction of sp³-hybridized carbons (Fsp3) is 0.150. The van der Waals surface area contributed by atoms with E-state index in [1.807, 2.05) is 30.3 Å². The number of para-hydroxylation sites is 1. The first-order chi connectivity index (χ1) is 14.1. The van der Waals surface area contributed by atoms with Crippen molar-refractivity contribution >= 4 is 29.1 Å². The third kappa shape index (κ3) is 4.13. The Balaban J connectivity index is 1.36. The first-order valence-electron chi connectivity index (χ1n) is 9.02. The second-order valence-corrected chi connectivity index (χ2v) is 6.62. The average Bonchev–Trinajstić information content (AvgIpc) is 3.39. The maximum Gasteiger partial charge on any atom is 0.270 e. The lowest BCUT2D eigenvalue weighted by Gasteiger charge is -2.16. The number of aromatic nitrogens is 3. The summed E-state index contributed by atoms with van der Waals surface area (Å²) in [7, 11) is 0. The highest BCUT2D eigenvalue weighted by Crippen LogP contribution is 2.25. The van der Waals surface area contributed by atoms with E-state index in [1.54, 1.807) is 29.2 Å². The molecule has 1 fully saturated rings. The van der Waals surface area contributed by atoms with Crippen LogP contribution < -0.4 is 15.6 Å². The molecule has 1 unspecified atom stereocenters. The molecule has 0 radical (unpaired) electrons. The zero-order valence-corrected chi connectivity index (χ0v) is 15.4. The van der Waals surface area contributed by atoms with Crippen molar-refractivity contribution in [2.45, 2.75) is 6.42 Å². The Morgan fingerprint density at radius 3 is 2.34 bits per heavy atom. The molecule has 4 rings (SSSR count). The third-order valence-electron chi connectivity index (χ3n) is 4.63. The number of carbonyl (C=O) groups excluding carboxylic acids is 3. The van der Waals surface area contributed by atoms with E-state index in [9.17, 15) is 14.4 Å². The van der Waals surface area contributed by atoms with Gasteiger partial charge in [-0.1, -0.05) is 18.2 Å². The predicted molar refractivity (Wildman–Crippen MR) is 106 cm³/mol. The minimum atomic E-state index is -0.431. The summed E-state index contributed by atoms with van der Waals surface area (Å²) in [5.74, 6) is -1.06. The van der Waals surface area contributed by atoms with Crippen LogP contribution >= 0.6 is 0 Å². The van der Waals surface area contributed by atoms with Crippen LogP contribution in [-0.4, -0.2) is 39.1 Å². The second kappa shape index (κ2) is 7.93. The van der Waals surface area contributed by atoms with Crippen molar-refractivity contribution in [3.63, 3.8) is 0 Å². The van der Waals surface area contributed by atoms with Crippen molar-refractivity contribution in [2.75, 3.05) is 22.2 Å². The molecule has 1 aromatic heterocycles. The normalized spacial score (nSPS) is 15.9. The van der Waals surface area contributed by atoms with Crippen LogP contribution in [0.25, 0.3) is 0 Å². The monoisotopic (exact) mass is 390 g/mol. The van der Waals surface area contributed by atoms with Gasteiger partial charge in [0.2, 0.25) is 11.8 Å². The zero-order valence-electron chi connectivity index (χ0n) is 15.4. The van der Waals surface area contributed by atoms with Crippen molar-refractivity contribution in [2.24, 2.45) is 5.92 Å². The van der Waals surface area contributed by atoms with Gasteiger partial charge in [0.15, 0.2) is 0 Å². The molecular formula is C20H18N6O3. The Hall–Kier alpha value is -4.01. The SMILES string of the molecule is O=C(Nn1cnnc1)c1ccc(NC(=O)C2CC(=O)N(c3ccccc3)C2)cc1. The Kier molecular flexibility index (Phi) is 5.02. The van der Waals surface area contributed by atoms with Gasteiger partial charge < -0.3 is 10.2 Å². The van der Waals surface area contributed by atoms with Gasteiger partial charge in [-0.2, -0.15) is 0 Å². The van der Waals surface area contributed by atoms with Crippen molar-refractivity contribution in [3.8, 4) is 0 Å². The van der Waals surface area contributed by atoms with Gasteiger partial charge in [-0.25, -0.2) is 4.68 Å². The Morgan fingerprint density at radius 2 is 1.66 bits per heavy atom. The van der Waals surface area contributed by atoms with Crippen molar-refractivity contribution in [3.05, 3.63) is 72.8 Å². The summed E-state index contributed by atoms with van der Waals surface area (Å²) in [6.07, 6.45) is 2.91. The summed E-state index contributed by atoms with van der Waals surface area (Å²) in [4.78, 5) is 38.6. The molecule has 1 saturated heterocycles. The minimum Gasteiger partial charge on any atom is -0.326 e. The van der Waals surface area contributed by atoms with E-state index in [1.165, 1.54) is 17.3 Å². The van der Waals surface area contributed by atoms with Gasteiger partial charge >= 0.3 is 0 Å². The van der Waals surface area contributed by atoms with Crippen LogP contribution in [0.5, 0.6) is 0 Å². The molecule has 1 atom stereocenters. The molecular weight excluding hydrogens is 372 g/mol. The van der Waals surface area contributed by atoms with Crippen LogP contribution in [0.4, 0.5) is 11.4 Å². The quantitative estimate of drug-likeness (QED) is 0.689. The summed E-state index contributed by atoms with van der Waals surface area (Å²) in [6, 6.07) is 15.8. The van der Waals surface area contributed by atoms with Crippen LogP contribution in [-0.2, 0) is 9.59 Å². The van der Waals surface area contributed by atoms with E-state index >= 15 is 0 Å². The molecule has 9 nitrogen and oxygen atoms in total. The van der Waals surface area contributed by atoms with Crippen molar-refractivity contribution < 1.29 is 14.4 Å². The molecule has 1 aliphatic rings. The van der Waals surface area contributed by atoms with E-state index < -0.39 is 5.92 Å². The molecule has 29 heavy (non-hydrogen) atoms. The number of nitrogens with zero attached hydrogens (tertiary/aromatic N) is 4. The number of rotatable bonds is 5. The number of benzene rings is 2. The van der Waals surface area contributed by atoms with Crippen LogP contribution in [0, 0.1) is 5.92 Å². The lowest BCUT2D eigenvalue weighted by atomic mass is 10.1. The summed E-state index contributed by atoms with van der Waals surface area (Å²) in [5, 5.41) is 10.0. The van der Waals surface area contributed by atoms with Crippen LogP contribution in [0.15, 0.2) is 67.3 Å². The van der Waals surface area contributed by atoms with E-state index in [4.69, 9.17) is 0 Å². The number of carbonyl (C=O) groups is 3. The van der Waals surface area contributed by atoms with Gasteiger partial charge in [-0.3, -0.25) is 19.8 Å². The van der Waals surface area contributed by atoms with Crippen LogP contribution in [0.1, 0.15) is 16.8 Å². The van der Waals surface area contributed by atoms with Crippen LogP contribution in [0.3, 0.4) is 0 Å². The fourth-order valence-electron chi connectivity index (χ4n) is 3.13. The molecule has 3 aromatic rings. The Labute approximate surface area is 166 Å². The lowest BCUT2D eigenvalue weighted by Crippen LogP contribution is -2.28. The summed E-state index contributed by atoms with van der Waals surface area (Å²) in [6.45, 7) is 0.341. The average molecular weight is 390 g/mol. The van der Waals surface area contributed by atoms with Gasteiger partial charge in [-0.15, -0.1) is 10.2 Å². The molecule has 2 N–H and O–H groups in total. The smallest absolute Gasteiger partial charge is 0.270 e. The van der Waals surface area contributed by atoms with E-state index in [2.05, 4.69) is 20.9 Å². The van der Waals surface area contributed by atoms with Gasteiger partial charge in [0, 0.05) is 29.9 Å². The highest BCUT2D eigenvalue weighted by molar-refractivity contribution is 6.04. The second-order valence-electron chi connectivity index (χ2n) is 6.62. The summed E-state index contributed by atoms with van der Waals surface area (Å²) < 4.78 is 1.34. The highest BCUT2D eigenvalue weighted by Gasteiger charge is 2.35. The number of amides is 3. The molecule has 3 amide bonds. The molecule has 2 aromatic carbocycles. The highest BCUT2D eigenvalue weighted by atomic mass is 16.2. The van der Waals surface area contributed by atoms with Gasteiger partial charge in [0.25, 0.3) is 5.91 Å². The molecule has 146 valence electrons. The predicted octanol–water partition coefficient (Wildman–Crippen LogP) is 1.65. The molecule has 0 aliphatic carbocycles. The molecule has 1 aliphatic heterocycles. The Morgan fingerprint density at radius 1 is 0.966 bits per heavy atom. The number of hydrogen-bond acceptors (Lipinski definition) is 5. The Bertz CT molecular complexity index is 1020. The lowest BCUT2D eigenvalue weighted by molar-refractivity contribution is -0.122. The number of anilines is 2. The van der Waals surface area contributed by atoms with E-state index in [-0.39, 0.29) is 24.1 Å². The molecule has 2 heterocycles. The summed E-state index contributed by atoms with van der Waals surface area (Å²) >= 11 is 0. The van der Waals surface area contributed by atoms with Gasteiger partial charge in [0.1, 0.15) is 12.7 Å². The molecule has 0 spiro atoms. The van der Waals surface area contributed by atoms with Crippen LogP contribution in [0.2, 0.25) is 0 Å². The largest absolute Gasteiger partial charge is 0.326 e. The van der Waals surface area contributed by atoms with Crippen molar-refractivity contribution in [1.82, 2.24) is 14.9 Å². The van der Waals surface area contributed by atoms with E-state index in [0.717, 1.165) is 5.69 Å². The first kappa shape index (κ1) is 18.4.